The van der Waals surface area contributed by atoms with Gasteiger partial charge in [-0.05, 0) is 74.1 Å². The van der Waals surface area contributed by atoms with Gasteiger partial charge in [0.05, 0.1) is 5.92 Å². The lowest BCUT2D eigenvalue weighted by molar-refractivity contribution is -0.139. The Morgan fingerprint density at radius 3 is 2.52 bits per heavy atom. The molecule has 1 aromatic carbocycles. The maximum absolute atomic E-state index is 13.8. The number of carbonyl (C=O) groups is 1. The molecule has 0 saturated heterocycles. The first kappa shape index (κ1) is 23.6. The van der Waals surface area contributed by atoms with Gasteiger partial charge in [0.15, 0.2) is 0 Å². The molecule has 31 heavy (non-hydrogen) atoms. The van der Waals surface area contributed by atoms with E-state index in [0.717, 1.165) is 12.8 Å². The van der Waals surface area contributed by atoms with E-state index in [1.807, 2.05) is 0 Å². The molecule has 0 aliphatic heterocycles. The highest BCUT2D eigenvalue weighted by molar-refractivity contribution is 5.98. The summed E-state index contributed by atoms with van der Waals surface area (Å²) in [7, 11) is 0. The van der Waals surface area contributed by atoms with E-state index in [0.29, 0.717) is 24.3 Å². The molecule has 0 fully saturated rings. The minimum Gasteiger partial charge on any atom is -0.361 e. The van der Waals surface area contributed by atoms with Gasteiger partial charge in [0, 0.05) is 35.7 Å². The summed E-state index contributed by atoms with van der Waals surface area (Å²) in [6, 6.07) is 6.76. The van der Waals surface area contributed by atoms with Gasteiger partial charge in [-0.2, -0.15) is 0 Å². The van der Waals surface area contributed by atoms with Crippen molar-refractivity contribution in [1.29, 1.82) is 0 Å². The molecule has 4 atom stereocenters. The number of allylic oxidation sites excluding steroid dienone is 1. The quantitative estimate of drug-likeness (QED) is 0.578. The van der Waals surface area contributed by atoms with Gasteiger partial charge in [-0.1, -0.05) is 45.9 Å². The Morgan fingerprint density at radius 1 is 1.23 bits per heavy atom. The van der Waals surface area contributed by atoms with Crippen molar-refractivity contribution in [3.63, 3.8) is 0 Å². The van der Waals surface area contributed by atoms with Crippen molar-refractivity contribution in [2.24, 2.45) is 29.4 Å². The summed E-state index contributed by atoms with van der Waals surface area (Å²) in [5, 5.41) is 1.31. The molecule has 0 saturated carbocycles. The third-order valence-corrected chi connectivity index (χ3v) is 7.51. The third kappa shape index (κ3) is 4.45. The van der Waals surface area contributed by atoms with E-state index < -0.39 is 0 Å². The molecule has 4 heteroatoms. The molecular weight excluding hydrogens is 382 g/mol. The standard InChI is InChI=1S/C27H41N3O/c1-8-20-12-22-15-29-25-11-9-10-23(26(22)25)24(20)13-21(14-28)27(31)30(17(4)5)19(7)18(6)16(2)3/h9-11,13,15-21,29H,8,12,14,28H2,1-7H3/b24-13+/t18?,19?,20-,21-/m1/s1. The van der Waals surface area contributed by atoms with Gasteiger partial charge in [-0.3, -0.25) is 4.79 Å². The van der Waals surface area contributed by atoms with Crippen molar-refractivity contribution in [1.82, 2.24) is 9.88 Å². The van der Waals surface area contributed by atoms with Crippen LogP contribution in [0.5, 0.6) is 0 Å². The topological polar surface area (TPSA) is 62.1 Å². The van der Waals surface area contributed by atoms with Crippen molar-refractivity contribution in [3.8, 4) is 0 Å². The number of hydrogen-bond acceptors (Lipinski definition) is 2. The zero-order chi connectivity index (χ0) is 22.9. The van der Waals surface area contributed by atoms with Gasteiger partial charge in [0.2, 0.25) is 5.91 Å². The molecular formula is C27H41N3O. The first-order valence-electron chi connectivity index (χ1n) is 12.0. The maximum Gasteiger partial charge on any atom is 0.231 e. The third-order valence-electron chi connectivity index (χ3n) is 7.51. The van der Waals surface area contributed by atoms with Crippen LogP contribution in [-0.4, -0.2) is 34.4 Å². The lowest BCUT2D eigenvalue weighted by Gasteiger charge is -2.39. The van der Waals surface area contributed by atoms with Crippen LogP contribution < -0.4 is 5.73 Å². The number of aromatic nitrogens is 1. The Hall–Kier alpha value is -2.07. The van der Waals surface area contributed by atoms with Crippen LogP contribution >= 0.6 is 0 Å². The number of rotatable bonds is 8. The zero-order valence-corrected chi connectivity index (χ0v) is 20.4. The zero-order valence-electron chi connectivity index (χ0n) is 20.4. The summed E-state index contributed by atoms with van der Waals surface area (Å²) >= 11 is 0. The Kier molecular flexibility index (Phi) is 7.31. The second-order valence-electron chi connectivity index (χ2n) is 10.00. The fourth-order valence-electron chi connectivity index (χ4n) is 5.23. The first-order chi connectivity index (χ1) is 14.7. The molecule has 0 bridgehead atoms. The van der Waals surface area contributed by atoms with Crippen LogP contribution in [-0.2, 0) is 11.2 Å². The predicted octanol–water partition coefficient (Wildman–Crippen LogP) is 5.63. The van der Waals surface area contributed by atoms with Crippen LogP contribution in [0.1, 0.15) is 66.0 Å². The molecule has 1 aliphatic rings. The van der Waals surface area contributed by atoms with E-state index in [1.54, 1.807) is 0 Å². The highest BCUT2D eigenvalue weighted by Crippen LogP contribution is 2.41. The number of amides is 1. The molecule has 3 rings (SSSR count). The minimum absolute atomic E-state index is 0.143. The van der Waals surface area contributed by atoms with Crippen LogP contribution in [0.3, 0.4) is 0 Å². The Labute approximate surface area is 188 Å². The number of hydrogen-bond donors (Lipinski definition) is 2. The van der Waals surface area contributed by atoms with E-state index in [4.69, 9.17) is 5.73 Å². The molecule has 170 valence electrons. The van der Waals surface area contributed by atoms with Crippen molar-refractivity contribution in [3.05, 3.63) is 41.6 Å². The van der Waals surface area contributed by atoms with Gasteiger partial charge in [-0.15, -0.1) is 0 Å². The monoisotopic (exact) mass is 423 g/mol. The lowest BCUT2D eigenvalue weighted by atomic mass is 9.77. The van der Waals surface area contributed by atoms with Gasteiger partial charge < -0.3 is 15.6 Å². The maximum atomic E-state index is 13.8. The molecule has 2 unspecified atom stereocenters. The van der Waals surface area contributed by atoms with Gasteiger partial charge in [-0.25, -0.2) is 0 Å². The average Bonchev–Trinajstić information content (AvgIpc) is 3.16. The van der Waals surface area contributed by atoms with Crippen LogP contribution in [0.15, 0.2) is 30.5 Å². The Morgan fingerprint density at radius 2 is 1.94 bits per heavy atom. The van der Waals surface area contributed by atoms with E-state index >= 15 is 0 Å². The molecule has 4 nitrogen and oxygen atoms in total. The SMILES string of the molecule is CC[C@@H]1Cc2c[nH]c3cccc(c23)/C1=C/[C@H](CN)C(=O)N(C(C)C)C(C)C(C)C(C)C. The fourth-order valence-corrected chi connectivity index (χ4v) is 5.23. The first-order valence-corrected chi connectivity index (χ1v) is 12.0. The molecule has 0 spiro atoms. The van der Waals surface area contributed by atoms with Crippen molar-refractivity contribution >= 4 is 22.4 Å². The van der Waals surface area contributed by atoms with E-state index in [9.17, 15) is 4.79 Å². The lowest BCUT2D eigenvalue weighted by Crippen LogP contribution is -2.50. The second kappa shape index (κ2) is 9.60. The highest BCUT2D eigenvalue weighted by atomic mass is 16.2. The smallest absolute Gasteiger partial charge is 0.231 e. The summed E-state index contributed by atoms with van der Waals surface area (Å²) in [5.74, 6) is 1.21. The Bertz CT molecular complexity index is 939. The number of nitrogens with one attached hydrogen (secondary N) is 1. The van der Waals surface area contributed by atoms with Crippen LogP contribution in [0.2, 0.25) is 0 Å². The summed E-state index contributed by atoms with van der Waals surface area (Å²) in [5.41, 5.74) is 11.3. The van der Waals surface area contributed by atoms with Gasteiger partial charge in [0.1, 0.15) is 0 Å². The normalized spacial score (nSPS) is 20.5. The Balaban J connectivity index is 2.02. The van der Waals surface area contributed by atoms with Crippen LogP contribution in [0, 0.1) is 23.7 Å². The van der Waals surface area contributed by atoms with E-state index in [-0.39, 0.29) is 23.9 Å². The number of benzene rings is 1. The van der Waals surface area contributed by atoms with Gasteiger partial charge in [0.25, 0.3) is 0 Å². The largest absolute Gasteiger partial charge is 0.361 e. The second-order valence-corrected chi connectivity index (χ2v) is 10.00. The summed E-state index contributed by atoms with van der Waals surface area (Å²) in [6.07, 6.45) is 6.41. The molecule has 1 amide bonds. The predicted molar refractivity (Wildman–Crippen MR) is 132 cm³/mol. The van der Waals surface area contributed by atoms with E-state index in [1.165, 1.54) is 27.6 Å². The molecule has 3 N–H and O–H groups in total. The number of nitrogens with zero attached hydrogens (tertiary/aromatic N) is 1. The number of nitrogens with two attached hydrogens (primary N) is 1. The minimum atomic E-state index is -0.302. The average molecular weight is 424 g/mol. The number of H-pyrrole nitrogens is 1. The van der Waals surface area contributed by atoms with Crippen LogP contribution in [0.4, 0.5) is 0 Å². The highest BCUT2D eigenvalue weighted by Gasteiger charge is 2.33. The summed E-state index contributed by atoms with van der Waals surface area (Å²) in [6.45, 7) is 15.7. The van der Waals surface area contributed by atoms with Gasteiger partial charge >= 0.3 is 0 Å². The van der Waals surface area contributed by atoms with Crippen LogP contribution in [0.25, 0.3) is 16.5 Å². The number of aromatic amines is 1. The van der Waals surface area contributed by atoms with Crippen molar-refractivity contribution in [2.45, 2.75) is 73.4 Å². The molecule has 1 aliphatic carbocycles. The molecule has 1 aromatic heterocycles. The van der Waals surface area contributed by atoms with Crippen molar-refractivity contribution in [2.75, 3.05) is 6.54 Å². The summed E-state index contributed by atoms with van der Waals surface area (Å²) < 4.78 is 0. The van der Waals surface area contributed by atoms with Crippen molar-refractivity contribution < 1.29 is 4.79 Å². The van der Waals surface area contributed by atoms with E-state index in [2.05, 4.69) is 88.8 Å². The summed E-state index contributed by atoms with van der Waals surface area (Å²) in [4.78, 5) is 19.3. The fraction of sp³-hybridized carbons (Fsp3) is 0.593. The molecule has 2 aromatic rings. The molecule has 1 heterocycles. The molecule has 0 radical (unpaired) electrons. The number of carbonyl (C=O) groups excluding carboxylic acids is 1.